The van der Waals surface area contributed by atoms with Crippen molar-refractivity contribution in [2.75, 3.05) is 50.4 Å². The minimum Gasteiger partial charge on any atom is -0.339 e. The first kappa shape index (κ1) is 19.5. The van der Waals surface area contributed by atoms with E-state index in [0.29, 0.717) is 63.8 Å². The maximum absolute atomic E-state index is 12.8. The third-order valence-corrected chi connectivity index (χ3v) is 6.41. The first-order valence-electron chi connectivity index (χ1n) is 9.02. The summed E-state index contributed by atoms with van der Waals surface area (Å²) < 4.78 is 24.6. The van der Waals surface area contributed by atoms with Gasteiger partial charge in [0, 0.05) is 50.9 Å². The highest BCUT2D eigenvalue weighted by Gasteiger charge is 2.33. The maximum atomic E-state index is 12.8. The topological polar surface area (TPSA) is 111 Å². The van der Waals surface area contributed by atoms with E-state index >= 15 is 0 Å². The van der Waals surface area contributed by atoms with Crippen LogP contribution in [0.15, 0.2) is 6.07 Å². The van der Waals surface area contributed by atoms with Gasteiger partial charge in [0.25, 0.3) is 0 Å². The maximum Gasteiger partial charge on any atom is 0.226 e. The highest BCUT2D eigenvalue weighted by atomic mass is 32.2. The summed E-state index contributed by atoms with van der Waals surface area (Å²) in [4.78, 5) is 25.3. The number of piperazine rings is 1. The average Bonchev–Trinajstić information content (AvgIpc) is 2.66. The standard InChI is InChI=1S/C17H24N6O3S/c1-13-11-15(12-18)20-17(19-13)22-9-7-21(8-10-22)16(24)14-3-5-23(6-4-14)27(2,25)26/h11,14H,3-10H2,1-2H3. The summed E-state index contributed by atoms with van der Waals surface area (Å²) >= 11 is 0. The first-order chi connectivity index (χ1) is 12.8. The van der Waals surface area contributed by atoms with Crippen LogP contribution in [0.1, 0.15) is 24.2 Å². The molecule has 2 aliphatic heterocycles. The number of anilines is 1. The van der Waals surface area contributed by atoms with Crippen molar-refractivity contribution >= 4 is 21.9 Å². The second kappa shape index (κ2) is 7.78. The van der Waals surface area contributed by atoms with E-state index < -0.39 is 10.0 Å². The second-order valence-corrected chi connectivity index (χ2v) is 9.04. The predicted octanol–water partition coefficient (Wildman–Crippen LogP) is -0.0231. The normalized spacial score (nSPS) is 19.7. The summed E-state index contributed by atoms with van der Waals surface area (Å²) in [6, 6.07) is 3.69. The van der Waals surface area contributed by atoms with Gasteiger partial charge in [0.1, 0.15) is 11.8 Å². The molecule has 0 aromatic carbocycles. The highest BCUT2D eigenvalue weighted by Crippen LogP contribution is 2.22. The Labute approximate surface area is 159 Å². The van der Waals surface area contributed by atoms with Gasteiger partial charge in [-0.2, -0.15) is 5.26 Å². The van der Waals surface area contributed by atoms with E-state index in [1.54, 1.807) is 6.07 Å². The largest absolute Gasteiger partial charge is 0.339 e. The molecule has 27 heavy (non-hydrogen) atoms. The van der Waals surface area contributed by atoms with Crippen molar-refractivity contribution in [3.63, 3.8) is 0 Å². The van der Waals surface area contributed by atoms with Crippen LogP contribution in [0, 0.1) is 24.2 Å². The van der Waals surface area contributed by atoms with Crippen molar-refractivity contribution in [1.82, 2.24) is 19.2 Å². The van der Waals surface area contributed by atoms with Crippen LogP contribution in [0.3, 0.4) is 0 Å². The Bertz CT molecular complexity index is 850. The van der Waals surface area contributed by atoms with Gasteiger partial charge in [-0.25, -0.2) is 22.7 Å². The van der Waals surface area contributed by atoms with E-state index in [2.05, 4.69) is 9.97 Å². The molecule has 0 radical (unpaired) electrons. The van der Waals surface area contributed by atoms with Crippen LogP contribution < -0.4 is 4.90 Å². The van der Waals surface area contributed by atoms with Crippen LogP contribution in [-0.2, 0) is 14.8 Å². The summed E-state index contributed by atoms with van der Waals surface area (Å²) in [6.45, 7) is 5.01. The first-order valence-corrected chi connectivity index (χ1v) is 10.9. The summed E-state index contributed by atoms with van der Waals surface area (Å²) in [5.74, 6) is 0.515. The van der Waals surface area contributed by atoms with Gasteiger partial charge < -0.3 is 9.80 Å². The lowest BCUT2D eigenvalue weighted by molar-refractivity contribution is -0.137. The summed E-state index contributed by atoms with van der Waals surface area (Å²) in [5.41, 5.74) is 1.08. The third kappa shape index (κ3) is 4.54. The van der Waals surface area contributed by atoms with Crippen molar-refractivity contribution < 1.29 is 13.2 Å². The van der Waals surface area contributed by atoms with Gasteiger partial charge >= 0.3 is 0 Å². The number of aryl methyl sites for hydroxylation is 1. The Kier molecular flexibility index (Phi) is 5.62. The van der Waals surface area contributed by atoms with E-state index in [4.69, 9.17) is 5.26 Å². The van der Waals surface area contributed by atoms with Crippen molar-refractivity contribution in [2.24, 2.45) is 5.92 Å². The molecule has 1 aromatic heterocycles. The van der Waals surface area contributed by atoms with Gasteiger partial charge in [0.15, 0.2) is 0 Å². The lowest BCUT2D eigenvalue weighted by atomic mass is 9.96. The molecule has 0 saturated carbocycles. The SMILES string of the molecule is Cc1cc(C#N)nc(N2CCN(C(=O)C3CCN(S(C)(=O)=O)CC3)CC2)n1. The molecule has 3 heterocycles. The zero-order valence-electron chi connectivity index (χ0n) is 15.6. The molecule has 1 amide bonds. The van der Waals surface area contributed by atoms with Gasteiger partial charge in [-0.3, -0.25) is 4.79 Å². The fourth-order valence-corrected chi connectivity index (χ4v) is 4.45. The fourth-order valence-electron chi connectivity index (χ4n) is 3.57. The number of hydrogen-bond donors (Lipinski definition) is 0. The van der Waals surface area contributed by atoms with Gasteiger partial charge in [0.2, 0.25) is 21.9 Å². The molecule has 146 valence electrons. The molecular formula is C17H24N6O3S. The van der Waals surface area contributed by atoms with E-state index in [9.17, 15) is 13.2 Å². The van der Waals surface area contributed by atoms with Crippen LogP contribution in [0.25, 0.3) is 0 Å². The molecule has 0 aliphatic carbocycles. The lowest BCUT2D eigenvalue weighted by Crippen LogP contribution is -2.52. The third-order valence-electron chi connectivity index (χ3n) is 5.10. The second-order valence-electron chi connectivity index (χ2n) is 7.06. The van der Waals surface area contributed by atoms with Crippen LogP contribution in [-0.4, -0.2) is 79.0 Å². The Morgan fingerprint density at radius 2 is 1.78 bits per heavy atom. The molecule has 10 heteroatoms. The number of piperidine rings is 1. The van der Waals surface area contributed by atoms with Crippen LogP contribution in [0.2, 0.25) is 0 Å². The van der Waals surface area contributed by atoms with E-state index in [1.165, 1.54) is 10.6 Å². The quantitative estimate of drug-likeness (QED) is 0.711. The van der Waals surface area contributed by atoms with Gasteiger partial charge in [-0.05, 0) is 25.8 Å². The molecule has 0 spiro atoms. The molecular weight excluding hydrogens is 368 g/mol. The molecule has 2 saturated heterocycles. The molecule has 2 aliphatic rings. The molecule has 0 unspecified atom stereocenters. The number of nitriles is 1. The number of carbonyl (C=O) groups excluding carboxylic acids is 1. The lowest BCUT2D eigenvalue weighted by Gasteiger charge is -2.38. The Balaban J connectivity index is 1.56. The smallest absolute Gasteiger partial charge is 0.226 e. The minimum atomic E-state index is -3.18. The van der Waals surface area contributed by atoms with Crippen molar-refractivity contribution in [2.45, 2.75) is 19.8 Å². The van der Waals surface area contributed by atoms with Crippen molar-refractivity contribution in [1.29, 1.82) is 5.26 Å². The molecule has 9 nitrogen and oxygen atoms in total. The number of rotatable bonds is 3. The van der Waals surface area contributed by atoms with Crippen molar-refractivity contribution in [3.05, 3.63) is 17.5 Å². The van der Waals surface area contributed by atoms with Crippen molar-refractivity contribution in [3.8, 4) is 6.07 Å². The Morgan fingerprint density at radius 1 is 1.15 bits per heavy atom. The van der Waals surface area contributed by atoms with E-state index in [1.807, 2.05) is 22.8 Å². The molecule has 0 bridgehead atoms. The van der Waals surface area contributed by atoms with Crippen LogP contribution in [0.4, 0.5) is 5.95 Å². The summed E-state index contributed by atoms with van der Waals surface area (Å²) in [5, 5.41) is 9.06. The number of carbonyl (C=O) groups is 1. The zero-order chi connectivity index (χ0) is 19.6. The predicted molar refractivity (Wildman–Crippen MR) is 99.4 cm³/mol. The van der Waals surface area contributed by atoms with E-state index in [-0.39, 0.29) is 11.8 Å². The highest BCUT2D eigenvalue weighted by molar-refractivity contribution is 7.88. The van der Waals surface area contributed by atoms with Crippen LogP contribution in [0.5, 0.6) is 0 Å². The van der Waals surface area contributed by atoms with Gasteiger partial charge in [-0.15, -0.1) is 0 Å². The molecule has 0 N–H and O–H groups in total. The van der Waals surface area contributed by atoms with E-state index in [0.717, 1.165) is 5.69 Å². The zero-order valence-corrected chi connectivity index (χ0v) is 16.4. The number of nitrogens with zero attached hydrogens (tertiary/aromatic N) is 6. The molecule has 0 atom stereocenters. The number of hydrogen-bond acceptors (Lipinski definition) is 7. The molecule has 3 rings (SSSR count). The Morgan fingerprint density at radius 3 is 2.33 bits per heavy atom. The number of sulfonamides is 1. The molecule has 2 fully saturated rings. The molecule has 1 aromatic rings. The minimum absolute atomic E-state index is 0.102. The van der Waals surface area contributed by atoms with Gasteiger partial charge in [-0.1, -0.05) is 0 Å². The van der Waals surface area contributed by atoms with Crippen LogP contribution >= 0.6 is 0 Å². The summed E-state index contributed by atoms with van der Waals surface area (Å²) in [6.07, 6.45) is 2.34. The van der Waals surface area contributed by atoms with Gasteiger partial charge in [0.05, 0.1) is 6.26 Å². The number of amides is 1. The number of aromatic nitrogens is 2. The monoisotopic (exact) mass is 392 g/mol. The summed E-state index contributed by atoms with van der Waals surface area (Å²) in [7, 11) is -3.18. The fraction of sp³-hybridized carbons (Fsp3) is 0.647. The average molecular weight is 392 g/mol. The Hall–Kier alpha value is -2.25.